The minimum atomic E-state index is -0.766. The maximum Gasteiger partial charge on any atom is 0.333 e. The van der Waals surface area contributed by atoms with Gasteiger partial charge in [0, 0.05) is 12.2 Å². The van der Waals surface area contributed by atoms with E-state index in [-0.39, 0.29) is 13.2 Å². The summed E-state index contributed by atoms with van der Waals surface area (Å²) in [5.41, 5.74) is 0.327. The molecule has 1 unspecified atom stereocenters. The molecule has 0 saturated heterocycles. The summed E-state index contributed by atoms with van der Waals surface area (Å²) < 4.78 is 9.98. The van der Waals surface area contributed by atoms with Crippen LogP contribution in [0.1, 0.15) is 13.3 Å². The number of hydrogen-bond acceptors (Lipinski definition) is 5. The Bertz CT molecular complexity index is 218. The van der Waals surface area contributed by atoms with E-state index in [1.165, 1.54) is 0 Å². The van der Waals surface area contributed by atoms with Gasteiger partial charge in [0.2, 0.25) is 0 Å². The predicted octanol–water partition coefficient (Wildman–Crippen LogP) is 1.24. The molecule has 0 fully saturated rings. The van der Waals surface area contributed by atoms with Gasteiger partial charge >= 0.3 is 5.97 Å². The number of aliphatic hydroxyl groups is 1. The van der Waals surface area contributed by atoms with Crippen molar-refractivity contribution in [1.29, 1.82) is 0 Å². The van der Waals surface area contributed by atoms with Crippen LogP contribution in [-0.4, -0.2) is 49.0 Å². The van der Waals surface area contributed by atoms with Crippen molar-refractivity contribution in [1.82, 2.24) is 0 Å². The molecule has 16 heavy (non-hydrogen) atoms. The lowest BCUT2D eigenvalue weighted by Gasteiger charge is -2.11. The topological polar surface area (TPSA) is 55.8 Å². The molecule has 0 radical (unpaired) electrons. The van der Waals surface area contributed by atoms with Gasteiger partial charge in [-0.15, -0.1) is 0 Å². The second kappa shape index (κ2) is 9.69. The summed E-state index contributed by atoms with van der Waals surface area (Å²) in [6, 6.07) is 0. The average Bonchev–Trinajstić information content (AvgIpc) is 2.25. The van der Waals surface area contributed by atoms with E-state index in [2.05, 4.69) is 6.58 Å². The van der Waals surface area contributed by atoms with Gasteiger partial charge in [-0.3, -0.25) is 0 Å². The van der Waals surface area contributed by atoms with Crippen LogP contribution in [0.3, 0.4) is 0 Å². The molecule has 0 heterocycles. The molecule has 0 spiro atoms. The number of aliphatic hydroxyl groups excluding tert-OH is 1. The molecule has 1 atom stereocenters. The second-order valence-corrected chi connectivity index (χ2v) is 4.44. The highest BCUT2D eigenvalue weighted by molar-refractivity contribution is 7.98. The summed E-state index contributed by atoms with van der Waals surface area (Å²) in [6.45, 7) is 5.76. The maximum atomic E-state index is 11.0. The van der Waals surface area contributed by atoms with Crippen LogP contribution in [0, 0.1) is 0 Å². The van der Waals surface area contributed by atoms with Crippen molar-refractivity contribution in [2.45, 2.75) is 19.4 Å². The number of carbonyl (C=O) groups is 1. The van der Waals surface area contributed by atoms with Crippen LogP contribution >= 0.6 is 11.8 Å². The van der Waals surface area contributed by atoms with Crippen LogP contribution in [0.5, 0.6) is 0 Å². The van der Waals surface area contributed by atoms with Crippen LogP contribution in [-0.2, 0) is 14.3 Å². The van der Waals surface area contributed by atoms with Crippen molar-refractivity contribution >= 4 is 17.7 Å². The highest BCUT2D eigenvalue weighted by atomic mass is 32.2. The summed E-state index contributed by atoms with van der Waals surface area (Å²) in [5, 5.41) is 9.40. The molecule has 0 aliphatic carbocycles. The Morgan fingerprint density at radius 1 is 1.50 bits per heavy atom. The van der Waals surface area contributed by atoms with E-state index < -0.39 is 12.1 Å². The molecule has 0 aromatic heterocycles. The normalized spacial score (nSPS) is 12.2. The Morgan fingerprint density at radius 2 is 2.19 bits per heavy atom. The summed E-state index contributed by atoms with van der Waals surface area (Å²) in [4.78, 5) is 11.0. The third-order valence-electron chi connectivity index (χ3n) is 1.70. The zero-order valence-electron chi connectivity index (χ0n) is 9.90. The zero-order chi connectivity index (χ0) is 12.4. The summed E-state index contributed by atoms with van der Waals surface area (Å²) >= 11 is 1.76. The van der Waals surface area contributed by atoms with Crippen LogP contribution in [0.2, 0.25) is 0 Å². The number of carbonyl (C=O) groups excluding carboxylic acids is 1. The molecule has 0 saturated carbocycles. The van der Waals surface area contributed by atoms with Crippen LogP contribution in [0.4, 0.5) is 0 Å². The Balaban J connectivity index is 3.41. The molecule has 0 rings (SSSR count). The first-order chi connectivity index (χ1) is 7.57. The Hall–Kier alpha value is -0.520. The lowest BCUT2D eigenvalue weighted by atomic mass is 10.3. The molecule has 0 aromatic carbocycles. The molecular weight excluding hydrogens is 228 g/mol. The Labute approximate surface area is 101 Å². The van der Waals surface area contributed by atoms with Gasteiger partial charge in [0.05, 0.1) is 6.61 Å². The lowest BCUT2D eigenvalue weighted by Crippen LogP contribution is -2.24. The minimum Gasteiger partial charge on any atom is -0.460 e. The number of hydrogen-bond donors (Lipinski definition) is 1. The quantitative estimate of drug-likeness (QED) is 0.378. The van der Waals surface area contributed by atoms with E-state index in [1.807, 2.05) is 6.26 Å². The van der Waals surface area contributed by atoms with E-state index in [0.717, 1.165) is 12.2 Å². The zero-order valence-corrected chi connectivity index (χ0v) is 10.7. The number of thioether (sulfide) groups is 1. The molecule has 1 N–H and O–H groups in total. The van der Waals surface area contributed by atoms with Crippen molar-refractivity contribution < 1.29 is 19.4 Å². The highest BCUT2D eigenvalue weighted by Gasteiger charge is 2.09. The molecule has 0 aliphatic heterocycles. The lowest BCUT2D eigenvalue weighted by molar-refractivity contribution is -0.143. The number of esters is 1. The largest absolute Gasteiger partial charge is 0.460 e. The molecule has 0 aromatic rings. The summed E-state index contributed by atoms with van der Waals surface area (Å²) in [7, 11) is 0. The maximum absolute atomic E-state index is 11.0. The van der Waals surface area contributed by atoms with E-state index in [0.29, 0.717) is 12.2 Å². The van der Waals surface area contributed by atoms with Crippen molar-refractivity contribution in [3.63, 3.8) is 0 Å². The number of ether oxygens (including phenoxy) is 2. The molecule has 4 nitrogen and oxygen atoms in total. The van der Waals surface area contributed by atoms with Gasteiger partial charge in [0.1, 0.15) is 12.7 Å². The van der Waals surface area contributed by atoms with Gasteiger partial charge in [-0.05, 0) is 25.4 Å². The molecular formula is C11H20O4S. The fourth-order valence-electron chi connectivity index (χ4n) is 0.868. The summed E-state index contributed by atoms with van der Waals surface area (Å²) in [5.74, 6) is 0.558. The first-order valence-electron chi connectivity index (χ1n) is 5.15. The van der Waals surface area contributed by atoms with Gasteiger partial charge in [0.15, 0.2) is 0 Å². The van der Waals surface area contributed by atoms with Crippen molar-refractivity contribution in [3.05, 3.63) is 12.2 Å². The van der Waals surface area contributed by atoms with Crippen LogP contribution < -0.4 is 0 Å². The smallest absolute Gasteiger partial charge is 0.333 e. The fourth-order valence-corrected chi connectivity index (χ4v) is 1.27. The molecule has 0 aliphatic rings. The van der Waals surface area contributed by atoms with Crippen molar-refractivity contribution in [3.8, 4) is 0 Å². The molecule has 5 heteroatoms. The Morgan fingerprint density at radius 3 is 2.75 bits per heavy atom. The monoisotopic (exact) mass is 248 g/mol. The van der Waals surface area contributed by atoms with Gasteiger partial charge < -0.3 is 14.6 Å². The standard InChI is InChI=1S/C11H20O4S/c1-9(2)11(13)15-8-10(12)7-14-5-4-6-16-3/h10,12H,1,4-8H2,2-3H3. The molecule has 0 bridgehead atoms. The number of rotatable bonds is 9. The van der Waals surface area contributed by atoms with E-state index in [9.17, 15) is 9.90 Å². The minimum absolute atomic E-state index is 0.0474. The fraction of sp³-hybridized carbons (Fsp3) is 0.727. The SMILES string of the molecule is C=C(C)C(=O)OCC(O)COCCCSC. The van der Waals surface area contributed by atoms with Crippen LogP contribution in [0.15, 0.2) is 12.2 Å². The van der Waals surface area contributed by atoms with Gasteiger partial charge in [0.25, 0.3) is 0 Å². The summed E-state index contributed by atoms with van der Waals surface area (Å²) in [6.07, 6.45) is 2.23. The molecule has 0 amide bonds. The molecule has 94 valence electrons. The third kappa shape index (κ3) is 8.76. The first kappa shape index (κ1) is 15.5. The van der Waals surface area contributed by atoms with E-state index in [1.54, 1.807) is 18.7 Å². The van der Waals surface area contributed by atoms with Crippen molar-refractivity contribution in [2.24, 2.45) is 0 Å². The second-order valence-electron chi connectivity index (χ2n) is 3.45. The van der Waals surface area contributed by atoms with Gasteiger partial charge in [-0.25, -0.2) is 4.79 Å². The third-order valence-corrected chi connectivity index (χ3v) is 2.40. The van der Waals surface area contributed by atoms with E-state index >= 15 is 0 Å². The van der Waals surface area contributed by atoms with Gasteiger partial charge in [-0.1, -0.05) is 6.58 Å². The average molecular weight is 248 g/mol. The van der Waals surface area contributed by atoms with Crippen LogP contribution in [0.25, 0.3) is 0 Å². The highest BCUT2D eigenvalue weighted by Crippen LogP contribution is 1.97. The van der Waals surface area contributed by atoms with E-state index in [4.69, 9.17) is 9.47 Å². The first-order valence-corrected chi connectivity index (χ1v) is 6.54. The van der Waals surface area contributed by atoms with Crippen molar-refractivity contribution in [2.75, 3.05) is 31.8 Å². The van der Waals surface area contributed by atoms with Gasteiger partial charge in [-0.2, -0.15) is 11.8 Å². The predicted molar refractivity (Wildman–Crippen MR) is 65.6 cm³/mol. The Kier molecular flexibility index (Phi) is 9.37.